The molecule has 0 saturated carbocycles. The molecule has 1 aliphatic rings. The van der Waals surface area contributed by atoms with Gasteiger partial charge in [-0.15, -0.1) is 0 Å². The lowest BCUT2D eigenvalue weighted by molar-refractivity contribution is -0.131. The number of primary sulfonamides is 1. The standard InChI is InChI=1S/C19H22N2O3S/c1-3-8-17(25(20,23)24)19(22)21(2)18-15-11-6-4-9-13(15)14-10-5-7-12-16(14)18/h4-7,9-12,17-18H,3,8H2,1-2H3,(H2,20,23,24). The molecule has 5 nitrogen and oxygen atoms in total. The number of rotatable bonds is 5. The van der Waals surface area contributed by atoms with E-state index in [4.69, 9.17) is 5.14 Å². The predicted molar refractivity (Wildman–Crippen MR) is 98.3 cm³/mol. The minimum Gasteiger partial charge on any atom is -0.333 e. The number of carbonyl (C=O) groups excluding carboxylic acids is 1. The predicted octanol–water partition coefficient (Wildman–Crippen LogP) is 2.67. The molecule has 3 rings (SSSR count). The second-order valence-electron chi connectivity index (χ2n) is 6.39. The maximum Gasteiger partial charge on any atom is 0.242 e. The highest BCUT2D eigenvalue weighted by Gasteiger charge is 2.38. The molecule has 6 heteroatoms. The van der Waals surface area contributed by atoms with E-state index in [1.165, 1.54) is 4.90 Å². The van der Waals surface area contributed by atoms with Gasteiger partial charge in [-0.25, -0.2) is 13.6 Å². The summed E-state index contributed by atoms with van der Waals surface area (Å²) in [5.41, 5.74) is 4.16. The van der Waals surface area contributed by atoms with Crippen molar-refractivity contribution in [2.75, 3.05) is 7.05 Å². The molecule has 1 atom stereocenters. The van der Waals surface area contributed by atoms with Crippen LogP contribution in [0.4, 0.5) is 0 Å². The van der Waals surface area contributed by atoms with Crippen LogP contribution < -0.4 is 5.14 Å². The zero-order valence-electron chi connectivity index (χ0n) is 14.3. The van der Waals surface area contributed by atoms with Crippen molar-refractivity contribution in [3.63, 3.8) is 0 Å². The van der Waals surface area contributed by atoms with Crippen LogP contribution >= 0.6 is 0 Å². The zero-order valence-corrected chi connectivity index (χ0v) is 15.2. The Hall–Kier alpha value is -2.18. The average Bonchev–Trinajstić information content (AvgIpc) is 2.92. The van der Waals surface area contributed by atoms with Gasteiger partial charge < -0.3 is 4.90 Å². The molecule has 0 aromatic heterocycles. The lowest BCUT2D eigenvalue weighted by atomic mass is 10.0. The third-order valence-electron chi connectivity index (χ3n) is 4.76. The van der Waals surface area contributed by atoms with Crippen LogP contribution in [0.2, 0.25) is 0 Å². The molecular weight excluding hydrogens is 336 g/mol. The Kier molecular flexibility index (Phi) is 4.67. The lowest BCUT2D eigenvalue weighted by Gasteiger charge is -2.29. The number of amides is 1. The largest absolute Gasteiger partial charge is 0.333 e. The Balaban J connectivity index is 2.05. The van der Waals surface area contributed by atoms with Crippen LogP contribution in [0.15, 0.2) is 48.5 Å². The summed E-state index contributed by atoms with van der Waals surface area (Å²) < 4.78 is 23.8. The number of sulfonamides is 1. The van der Waals surface area contributed by atoms with Gasteiger partial charge in [0, 0.05) is 7.05 Å². The summed E-state index contributed by atoms with van der Waals surface area (Å²) >= 11 is 0. The number of nitrogens with zero attached hydrogens (tertiary/aromatic N) is 1. The second kappa shape index (κ2) is 6.61. The summed E-state index contributed by atoms with van der Waals surface area (Å²) in [5, 5.41) is 4.11. The van der Waals surface area contributed by atoms with E-state index >= 15 is 0 Å². The lowest BCUT2D eigenvalue weighted by Crippen LogP contribution is -2.45. The Bertz CT molecular complexity index is 863. The normalized spacial score (nSPS) is 14.7. The van der Waals surface area contributed by atoms with E-state index in [1.54, 1.807) is 7.05 Å². The number of hydrogen-bond acceptors (Lipinski definition) is 3. The number of carbonyl (C=O) groups is 1. The molecule has 0 heterocycles. The van der Waals surface area contributed by atoms with E-state index in [0.29, 0.717) is 6.42 Å². The number of hydrogen-bond donors (Lipinski definition) is 1. The van der Waals surface area contributed by atoms with Crippen LogP contribution in [0, 0.1) is 0 Å². The first kappa shape index (κ1) is 17.6. The van der Waals surface area contributed by atoms with Gasteiger partial charge >= 0.3 is 0 Å². The van der Waals surface area contributed by atoms with Crippen LogP contribution in [0.25, 0.3) is 11.1 Å². The van der Waals surface area contributed by atoms with Gasteiger partial charge in [0.1, 0.15) is 0 Å². The highest BCUT2D eigenvalue weighted by atomic mass is 32.2. The summed E-state index contributed by atoms with van der Waals surface area (Å²) in [6, 6.07) is 15.5. The van der Waals surface area contributed by atoms with Crippen molar-refractivity contribution in [2.24, 2.45) is 5.14 Å². The fourth-order valence-corrected chi connectivity index (χ4v) is 4.60. The molecule has 1 unspecified atom stereocenters. The Labute approximate surface area is 148 Å². The summed E-state index contributed by atoms with van der Waals surface area (Å²) in [5.74, 6) is -0.458. The van der Waals surface area contributed by atoms with Crippen molar-refractivity contribution in [3.05, 3.63) is 59.7 Å². The van der Waals surface area contributed by atoms with Crippen molar-refractivity contribution in [1.82, 2.24) is 4.90 Å². The summed E-state index contributed by atoms with van der Waals surface area (Å²) in [6.07, 6.45) is 0.788. The van der Waals surface area contributed by atoms with E-state index in [-0.39, 0.29) is 12.5 Å². The van der Waals surface area contributed by atoms with Gasteiger partial charge in [0.05, 0.1) is 6.04 Å². The van der Waals surface area contributed by atoms with Gasteiger partial charge in [0.25, 0.3) is 0 Å². The molecule has 0 radical (unpaired) electrons. The monoisotopic (exact) mass is 358 g/mol. The Morgan fingerprint density at radius 3 is 2.00 bits per heavy atom. The Morgan fingerprint density at radius 2 is 1.56 bits per heavy atom. The molecular formula is C19H22N2O3S. The van der Waals surface area contributed by atoms with Crippen molar-refractivity contribution in [3.8, 4) is 11.1 Å². The van der Waals surface area contributed by atoms with Crippen LogP contribution in [-0.2, 0) is 14.8 Å². The molecule has 2 aromatic carbocycles. The molecule has 0 spiro atoms. The SMILES string of the molecule is CCCC(C(=O)N(C)C1c2ccccc2-c2ccccc21)S(N)(=O)=O. The van der Waals surface area contributed by atoms with Crippen molar-refractivity contribution in [1.29, 1.82) is 0 Å². The number of nitrogens with two attached hydrogens (primary N) is 1. The molecule has 1 aliphatic carbocycles. The number of fused-ring (bicyclic) bond motifs is 3. The zero-order chi connectivity index (χ0) is 18.2. The van der Waals surface area contributed by atoms with Crippen molar-refractivity contribution in [2.45, 2.75) is 31.1 Å². The van der Waals surface area contributed by atoms with Crippen molar-refractivity contribution >= 4 is 15.9 Å². The third-order valence-corrected chi connectivity index (χ3v) is 5.99. The summed E-state index contributed by atoms with van der Waals surface area (Å²) in [7, 11) is -2.29. The maximum atomic E-state index is 13.0. The summed E-state index contributed by atoms with van der Waals surface area (Å²) in [4.78, 5) is 14.5. The van der Waals surface area contributed by atoms with E-state index in [1.807, 2.05) is 55.5 Å². The van der Waals surface area contributed by atoms with Crippen LogP contribution in [-0.4, -0.2) is 31.5 Å². The van der Waals surface area contributed by atoms with Crippen LogP contribution in [0.5, 0.6) is 0 Å². The second-order valence-corrected chi connectivity index (χ2v) is 8.14. The molecule has 0 bridgehead atoms. The van der Waals surface area contributed by atoms with Gasteiger partial charge in [-0.3, -0.25) is 4.79 Å². The first-order chi connectivity index (χ1) is 11.9. The molecule has 25 heavy (non-hydrogen) atoms. The van der Waals surface area contributed by atoms with Gasteiger partial charge in [-0.2, -0.15) is 0 Å². The molecule has 2 aromatic rings. The fraction of sp³-hybridized carbons (Fsp3) is 0.316. The molecule has 0 aliphatic heterocycles. The van der Waals surface area contributed by atoms with Crippen LogP contribution in [0.3, 0.4) is 0 Å². The third kappa shape index (κ3) is 3.07. The highest BCUT2D eigenvalue weighted by Crippen LogP contribution is 2.45. The molecule has 132 valence electrons. The van der Waals surface area contributed by atoms with E-state index in [9.17, 15) is 13.2 Å². The maximum absolute atomic E-state index is 13.0. The first-order valence-corrected chi connectivity index (χ1v) is 9.93. The van der Waals surface area contributed by atoms with E-state index < -0.39 is 21.2 Å². The minimum absolute atomic E-state index is 0.220. The van der Waals surface area contributed by atoms with E-state index in [2.05, 4.69) is 0 Å². The smallest absolute Gasteiger partial charge is 0.242 e. The van der Waals surface area contributed by atoms with Crippen molar-refractivity contribution < 1.29 is 13.2 Å². The Morgan fingerprint density at radius 1 is 1.08 bits per heavy atom. The minimum atomic E-state index is -3.95. The molecule has 1 amide bonds. The molecule has 0 fully saturated rings. The van der Waals surface area contributed by atoms with Crippen LogP contribution in [0.1, 0.15) is 36.9 Å². The van der Waals surface area contributed by atoms with Gasteiger partial charge in [-0.05, 0) is 28.7 Å². The molecule has 0 saturated heterocycles. The highest BCUT2D eigenvalue weighted by molar-refractivity contribution is 7.90. The van der Waals surface area contributed by atoms with Gasteiger partial charge in [0.15, 0.2) is 5.25 Å². The number of benzene rings is 2. The van der Waals surface area contributed by atoms with Gasteiger partial charge in [0.2, 0.25) is 15.9 Å². The molecule has 2 N–H and O–H groups in total. The average molecular weight is 358 g/mol. The quantitative estimate of drug-likeness (QED) is 0.892. The topological polar surface area (TPSA) is 80.5 Å². The fourth-order valence-electron chi connectivity index (χ4n) is 3.59. The summed E-state index contributed by atoms with van der Waals surface area (Å²) in [6.45, 7) is 1.84. The van der Waals surface area contributed by atoms with Gasteiger partial charge in [-0.1, -0.05) is 61.9 Å². The van der Waals surface area contributed by atoms with E-state index in [0.717, 1.165) is 22.3 Å². The first-order valence-electron chi connectivity index (χ1n) is 8.32.